The van der Waals surface area contributed by atoms with Gasteiger partial charge in [0.1, 0.15) is 6.61 Å². The van der Waals surface area contributed by atoms with Crippen molar-refractivity contribution in [2.45, 2.75) is 60.6 Å². The Hall–Kier alpha value is -1.99. The van der Waals surface area contributed by atoms with Crippen molar-refractivity contribution >= 4 is 5.97 Å². The zero-order valence-electron chi connectivity index (χ0n) is 16.3. The van der Waals surface area contributed by atoms with Crippen LogP contribution in [-0.4, -0.2) is 78.5 Å². The number of alkyl halides is 16. The highest BCUT2D eigenvalue weighted by molar-refractivity contribution is 5.81. The molecule has 0 amide bonds. The molecule has 0 saturated heterocycles. The first-order chi connectivity index (χ1) is 15.3. The Morgan fingerprint density at radius 2 is 1.17 bits per heavy atom. The number of halogens is 16. The standard InChI is InChI=1S/C15H12F16O4/c1-2-6(32)35-7(33)3-4-34-5-9(18,19)11(22,23)13(26,27)15(30,31)14(28,29)12(24,25)10(20,21)8(16)17/h2,7-8,33H,1,3-5H2. The maximum absolute atomic E-state index is 13.5. The molecular weight excluding hydrogens is 548 g/mol. The van der Waals surface area contributed by atoms with E-state index in [0.29, 0.717) is 6.08 Å². The van der Waals surface area contributed by atoms with Gasteiger partial charge in [-0.25, -0.2) is 13.6 Å². The number of carbonyl (C=O) groups excluding carboxylic acids is 1. The quantitative estimate of drug-likeness (QED) is 0.105. The number of aliphatic hydroxyl groups excluding tert-OH is 1. The van der Waals surface area contributed by atoms with E-state index < -0.39 is 79.8 Å². The predicted molar refractivity (Wildman–Crippen MR) is 78.4 cm³/mol. The highest BCUT2D eigenvalue weighted by atomic mass is 19.4. The van der Waals surface area contributed by atoms with Gasteiger partial charge in [-0.05, 0) is 0 Å². The maximum Gasteiger partial charge on any atom is 0.384 e. The highest BCUT2D eigenvalue weighted by Crippen LogP contribution is 2.62. The average Bonchev–Trinajstić information content (AvgIpc) is 2.69. The molecule has 0 aliphatic carbocycles. The van der Waals surface area contributed by atoms with Crippen molar-refractivity contribution in [3.8, 4) is 0 Å². The van der Waals surface area contributed by atoms with Gasteiger partial charge in [0.2, 0.25) is 6.29 Å². The van der Waals surface area contributed by atoms with Gasteiger partial charge in [-0.3, -0.25) is 0 Å². The Kier molecular flexibility index (Phi) is 9.59. The Morgan fingerprint density at radius 1 is 0.771 bits per heavy atom. The summed E-state index contributed by atoms with van der Waals surface area (Å²) in [5.41, 5.74) is 0. The normalized spacial score (nSPS) is 15.8. The van der Waals surface area contributed by atoms with Crippen LogP contribution in [0.4, 0.5) is 70.2 Å². The van der Waals surface area contributed by atoms with Crippen LogP contribution in [0, 0.1) is 0 Å². The van der Waals surface area contributed by atoms with Crippen molar-refractivity contribution in [2.24, 2.45) is 0 Å². The van der Waals surface area contributed by atoms with Gasteiger partial charge in [-0.1, -0.05) is 6.58 Å². The van der Waals surface area contributed by atoms with Crippen LogP contribution < -0.4 is 0 Å². The van der Waals surface area contributed by atoms with Crippen LogP contribution in [0.5, 0.6) is 0 Å². The van der Waals surface area contributed by atoms with Gasteiger partial charge >= 0.3 is 53.9 Å². The molecule has 20 heteroatoms. The van der Waals surface area contributed by atoms with Crippen LogP contribution in [-0.2, 0) is 14.3 Å². The van der Waals surface area contributed by atoms with Crippen molar-refractivity contribution in [1.29, 1.82) is 0 Å². The Balaban J connectivity index is 5.90. The van der Waals surface area contributed by atoms with E-state index in [9.17, 15) is 75.0 Å². The van der Waals surface area contributed by atoms with E-state index in [1.807, 2.05) is 0 Å². The minimum atomic E-state index is -8.48. The van der Waals surface area contributed by atoms with Gasteiger partial charge < -0.3 is 14.6 Å². The molecule has 0 fully saturated rings. The van der Waals surface area contributed by atoms with Crippen molar-refractivity contribution in [3.05, 3.63) is 12.7 Å². The zero-order chi connectivity index (χ0) is 28.5. The third-order valence-corrected chi connectivity index (χ3v) is 3.94. The summed E-state index contributed by atoms with van der Waals surface area (Å²) in [5.74, 6) is -56.6. The van der Waals surface area contributed by atoms with Crippen LogP contribution in [0.2, 0.25) is 0 Å². The topological polar surface area (TPSA) is 55.8 Å². The Morgan fingerprint density at radius 3 is 1.57 bits per heavy atom. The molecule has 0 rings (SSSR count). The summed E-state index contributed by atoms with van der Waals surface area (Å²) in [6.45, 7) is -1.58. The van der Waals surface area contributed by atoms with Crippen molar-refractivity contribution in [1.82, 2.24) is 0 Å². The number of esters is 1. The van der Waals surface area contributed by atoms with Crippen LogP contribution in [0.25, 0.3) is 0 Å². The largest absolute Gasteiger partial charge is 0.433 e. The average molecular weight is 560 g/mol. The molecule has 0 aromatic carbocycles. The lowest BCUT2D eigenvalue weighted by molar-refractivity contribution is -0.448. The smallest absolute Gasteiger partial charge is 0.384 e. The summed E-state index contributed by atoms with van der Waals surface area (Å²) in [5, 5.41) is 9.05. The van der Waals surface area contributed by atoms with Crippen molar-refractivity contribution < 1.29 is 89.6 Å². The molecule has 0 heterocycles. The van der Waals surface area contributed by atoms with E-state index in [0.717, 1.165) is 0 Å². The van der Waals surface area contributed by atoms with E-state index in [1.54, 1.807) is 0 Å². The molecular formula is C15H12F16O4. The molecule has 0 aliphatic heterocycles. The second-order valence-corrected chi connectivity index (χ2v) is 6.44. The van der Waals surface area contributed by atoms with E-state index >= 15 is 0 Å². The minimum absolute atomic E-state index is 0.470. The van der Waals surface area contributed by atoms with E-state index in [-0.39, 0.29) is 0 Å². The van der Waals surface area contributed by atoms with Gasteiger partial charge in [0.05, 0.1) is 6.61 Å². The van der Waals surface area contributed by atoms with Crippen LogP contribution >= 0.6 is 0 Å². The fourth-order valence-electron chi connectivity index (χ4n) is 1.88. The summed E-state index contributed by atoms with van der Waals surface area (Å²) < 4.78 is 218. The van der Waals surface area contributed by atoms with Crippen molar-refractivity contribution in [3.63, 3.8) is 0 Å². The number of carbonyl (C=O) groups is 1. The third kappa shape index (κ3) is 5.56. The Bertz CT molecular complexity index is 751. The first kappa shape index (κ1) is 33.0. The molecule has 0 aromatic rings. The molecule has 1 unspecified atom stereocenters. The van der Waals surface area contributed by atoms with Gasteiger partial charge in [-0.15, -0.1) is 0 Å². The second kappa shape index (κ2) is 10.2. The first-order valence-electron chi connectivity index (χ1n) is 8.31. The summed E-state index contributed by atoms with van der Waals surface area (Å²) in [7, 11) is 0. The molecule has 0 bridgehead atoms. The lowest BCUT2D eigenvalue weighted by Gasteiger charge is -2.42. The highest BCUT2D eigenvalue weighted by Gasteiger charge is 2.93. The fraction of sp³-hybridized carbons (Fsp3) is 0.800. The summed E-state index contributed by atoms with van der Waals surface area (Å²) >= 11 is 0. The second-order valence-electron chi connectivity index (χ2n) is 6.44. The lowest BCUT2D eigenvalue weighted by Crippen LogP contribution is -2.74. The number of hydrogen-bond acceptors (Lipinski definition) is 4. The van der Waals surface area contributed by atoms with Crippen molar-refractivity contribution in [2.75, 3.05) is 13.2 Å². The predicted octanol–water partition coefficient (Wildman–Crippen LogP) is 5.15. The zero-order valence-corrected chi connectivity index (χ0v) is 16.3. The SMILES string of the molecule is C=CC(=O)OC(O)CCOCC(F)(F)C(F)(F)C(F)(F)C(F)(F)C(F)(F)C(F)(F)C(F)(F)C(F)F. The molecule has 0 spiro atoms. The number of ether oxygens (including phenoxy) is 2. The molecule has 4 nitrogen and oxygen atoms in total. The molecule has 0 radical (unpaired) electrons. The van der Waals surface area contributed by atoms with E-state index in [2.05, 4.69) is 16.1 Å². The number of rotatable bonds is 14. The molecule has 0 saturated carbocycles. The van der Waals surface area contributed by atoms with E-state index in [1.165, 1.54) is 0 Å². The third-order valence-electron chi connectivity index (χ3n) is 3.94. The molecule has 0 aromatic heterocycles. The summed E-state index contributed by atoms with van der Waals surface area (Å²) in [6, 6.07) is 0. The van der Waals surface area contributed by atoms with Gasteiger partial charge in [0, 0.05) is 12.5 Å². The summed E-state index contributed by atoms with van der Waals surface area (Å²) in [4.78, 5) is 10.7. The first-order valence-corrected chi connectivity index (χ1v) is 8.31. The monoisotopic (exact) mass is 560 g/mol. The maximum atomic E-state index is 13.5. The van der Waals surface area contributed by atoms with Gasteiger partial charge in [-0.2, -0.15) is 61.5 Å². The molecule has 1 atom stereocenters. The molecule has 35 heavy (non-hydrogen) atoms. The number of hydrogen-bond donors (Lipinski definition) is 1. The lowest BCUT2D eigenvalue weighted by atomic mass is 9.89. The molecule has 208 valence electrons. The van der Waals surface area contributed by atoms with Gasteiger partial charge in [0.15, 0.2) is 0 Å². The fourth-order valence-corrected chi connectivity index (χ4v) is 1.88. The Labute approximate surface area is 183 Å². The van der Waals surface area contributed by atoms with E-state index in [4.69, 9.17) is 5.11 Å². The minimum Gasteiger partial charge on any atom is -0.433 e. The molecule has 0 aliphatic rings. The van der Waals surface area contributed by atoms with Crippen LogP contribution in [0.3, 0.4) is 0 Å². The van der Waals surface area contributed by atoms with Gasteiger partial charge in [0.25, 0.3) is 0 Å². The number of aliphatic hydroxyl groups is 1. The van der Waals surface area contributed by atoms with Crippen LogP contribution in [0.15, 0.2) is 12.7 Å². The van der Waals surface area contributed by atoms with Crippen LogP contribution in [0.1, 0.15) is 6.42 Å². The summed E-state index contributed by atoms with van der Waals surface area (Å²) in [6.07, 6.45) is -8.69. The molecule has 1 N–H and O–H groups in total.